The number of carbonyl (C=O) groups is 1. The first kappa shape index (κ1) is 22.0. The van der Waals surface area contributed by atoms with Crippen LogP contribution < -0.4 is 5.32 Å². The summed E-state index contributed by atoms with van der Waals surface area (Å²) in [4.78, 5) is 12.6. The molecule has 1 amide bonds. The zero-order chi connectivity index (χ0) is 21.7. The first-order valence-electron chi connectivity index (χ1n) is 9.51. The van der Waals surface area contributed by atoms with Crippen molar-refractivity contribution in [1.82, 2.24) is 4.31 Å². The van der Waals surface area contributed by atoms with E-state index in [1.807, 2.05) is 44.2 Å². The molecule has 7 heteroatoms. The van der Waals surface area contributed by atoms with Gasteiger partial charge in [0.1, 0.15) is 0 Å². The van der Waals surface area contributed by atoms with E-state index in [4.69, 9.17) is 11.6 Å². The van der Waals surface area contributed by atoms with Gasteiger partial charge in [-0.05, 0) is 55.8 Å². The number of hydrogen-bond donors (Lipinski definition) is 1. The van der Waals surface area contributed by atoms with E-state index >= 15 is 0 Å². The quantitative estimate of drug-likeness (QED) is 0.547. The predicted molar refractivity (Wildman–Crippen MR) is 120 cm³/mol. The molecule has 5 nitrogen and oxygen atoms in total. The van der Waals surface area contributed by atoms with Gasteiger partial charge >= 0.3 is 0 Å². The number of nitrogens with zero attached hydrogens (tertiary/aromatic N) is 1. The van der Waals surface area contributed by atoms with Crippen molar-refractivity contribution in [1.29, 1.82) is 0 Å². The molecule has 0 spiro atoms. The molecule has 3 rings (SSSR count). The third-order valence-electron chi connectivity index (χ3n) is 4.60. The molecular formula is C23H23ClN2O3S. The highest BCUT2D eigenvalue weighted by Gasteiger charge is 2.27. The summed E-state index contributed by atoms with van der Waals surface area (Å²) in [6.45, 7) is 3.95. The van der Waals surface area contributed by atoms with E-state index in [1.54, 1.807) is 24.3 Å². The van der Waals surface area contributed by atoms with Crippen LogP contribution in [0.25, 0.3) is 0 Å². The van der Waals surface area contributed by atoms with Crippen molar-refractivity contribution in [3.63, 3.8) is 0 Å². The Morgan fingerprint density at radius 3 is 2.13 bits per heavy atom. The van der Waals surface area contributed by atoms with Gasteiger partial charge in [0, 0.05) is 18.2 Å². The molecule has 0 atom stereocenters. The van der Waals surface area contributed by atoms with Crippen LogP contribution in [0.4, 0.5) is 5.69 Å². The number of rotatable bonds is 7. The number of para-hydroxylation sites is 1. The average molecular weight is 443 g/mol. The first-order valence-corrected chi connectivity index (χ1v) is 11.3. The SMILES string of the molecule is CC(C)N(Cc1ccccc1)S(=O)(=O)c1ccc(C(=O)Nc2ccccc2Cl)cc1. The van der Waals surface area contributed by atoms with Gasteiger partial charge in [0.15, 0.2) is 0 Å². The van der Waals surface area contributed by atoms with E-state index in [9.17, 15) is 13.2 Å². The molecule has 0 bridgehead atoms. The monoisotopic (exact) mass is 442 g/mol. The molecule has 0 saturated carbocycles. The Kier molecular flexibility index (Phi) is 6.92. The average Bonchev–Trinajstić information content (AvgIpc) is 2.74. The van der Waals surface area contributed by atoms with E-state index in [2.05, 4.69) is 5.32 Å². The molecule has 1 N–H and O–H groups in total. The van der Waals surface area contributed by atoms with Gasteiger partial charge in [0.25, 0.3) is 5.91 Å². The highest BCUT2D eigenvalue weighted by atomic mass is 35.5. The number of benzene rings is 3. The largest absolute Gasteiger partial charge is 0.321 e. The Morgan fingerprint density at radius 1 is 0.933 bits per heavy atom. The summed E-state index contributed by atoms with van der Waals surface area (Å²) < 4.78 is 27.9. The molecule has 0 aromatic heterocycles. The molecule has 0 heterocycles. The van der Waals surface area contributed by atoms with E-state index < -0.39 is 10.0 Å². The minimum Gasteiger partial charge on any atom is -0.321 e. The van der Waals surface area contributed by atoms with Crippen molar-refractivity contribution >= 4 is 33.2 Å². The summed E-state index contributed by atoms with van der Waals surface area (Å²) in [5.74, 6) is -0.364. The molecule has 0 unspecified atom stereocenters. The number of hydrogen-bond acceptors (Lipinski definition) is 3. The molecule has 3 aromatic carbocycles. The Bertz CT molecular complexity index is 1110. The summed E-state index contributed by atoms with van der Waals surface area (Å²) in [5.41, 5.74) is 1.74. The van der Waals surface area contributed by atoms with Crippen LogP contribution in [0.1, 0.15) is 29.8 Å². The lowest BCUT2D eigenvalue weighted by molar-refractivity contribution is 0.102. The lowest BCUT2D eigenvalue weighted by atomic mass is 10.2. The first-order chi connectivity index (χ1) is 14.3. The summed E-state index contributed by atoms with van der Waals surface area (Å²) in [6.07, 6.45) is 0. The van der Waals surface area contributed by atoms with E-state index in [0.29, 0.717) is 16.3 Å². The zero-order valence-electron chi connectivity index (χ0n) is 16.7. The van der Waals surface area contributed by atoms with Crippen LogP contribution in [0.5, 0.6) is 0 Å². The highest BCUT2D eigenvalue weighted by molar-refractivity contribution is 7.89. The van der Waals surface area contributed by atoms with Crippen molar-refractivity contribution in [2.45, 2.75) is 31.3 Å². The highest BCUT2D eigenvalue weighted by Crippen LogP contribution is 2.23. The minimum atomic E-state index is -3.73. The van der Waals surface area contributed by atoms with Gasteiger partial charge in [0.2, 0.25) is 10.0 Å². The third kappa shape index (κ3) is 5.08. The fourth-order valence-electron chi connectivity index (χ4n) is 2.98. The maximum Gasteiger partial charge on any atom is 0.255 e. The Hall–Kier alpha value is -2.67. The van der Waals surface area contributed by atoms with E-state index in [-0.39, 0.29) is 23.4 Å². The maximum absolute atomic E-state index is 13.2. The Morgan fingerprint density at radius 2 is 1.53 bits per heavy atom. The molecule has 30 heavy (non-hydrogen) atoms. The van der Waals surface area contributed by atoms with Crippen LogP contribution in [0.15, 0.2) is 83.8 Å². The molecule has 3 aromatic rings. The lowest BCUT2D eigenvalue weighted by Gasteiger charge is -2.26. The Labute approximate surface area is 182 Å². The van der Waals surface area contributed by atoms with Gasteiger partial charge in [-0.3, -0.25) is 4.79 Å². The van der Waals surface area contributed by atoms with Crippen molar-refractivity contribution < 1.29 is 13.2 Å². The normalized spacial score (nSPS) is 11.6. The molecule has 0 saturated heterocycles. The summed E-state index contributed by atoms with van der Waals surface area (Å²) in [6, 6.07) is 22.1. The van der Waals surface area contributed by atoms with Crippen molar-refractivity contribution in [3.05, 3.63) is 95.0 Å². The second kappa shape index (κ2) is 9.43. The molecular weight excluding hydrogens is 420 g/mol. The molecule has 156 valence electrons. The van der Waals surface area contributed by atoms with Gasteiger partial charge in [-0.25, -0.2) is 8.42 Å². The van der Waals surface area contributed by atoms with Gasteiger partial charge in [0.05, 0.1) is 15.6 Å². The standard InChI is InChI=1S/C23H23ClN2O3S/c1-17(2)26(16-18-8-4-3-5-9-18)30(28,29)20-14-12-19(13-15-20)23(27)25-22-11-7-6-10-21(22)24/h3-15,17H,16H2,1-2H3,(H,25,27). The second-order valence-electron chi connectivity index (χ2n) is 7.09. The van der Waals surface area contributed by atoms with Gasteiger partial charge in [-0.2, -0.15) is 4.31 Å². The van der Waals surface area contributed by atoms with Crippen LogP contribution >= 0.6 is 11.6 Å². The van der Waals surface area contributed by atoms with Crippen LogP contribution in [-0.4, -0.2) is 24.7 Å². The van der Waals surface area contributed by atoms with Crippen LogP contribution in [-0.2, 0) is 16.6 Å². The van der Waals surface area contributed by atoms with Crippen molar-refractivity contribution in [2.75, 3.05) is 5.32 Å². The smallest absolute Gasteiger partial charge is 0.255 e. The van der Waals surface area contributed by atoms with E-state index in [1.165, 1.54) is 28.6 Å². The molecule has 0 radical (unpaired) electrons. The molecule has 0 fully saturated rings. The van der Waals surface area contributed by atoms with Crippen molar-refractivity contribution in [2.24, 2.45) is 0 Å². The Balaban J connectivity index is 1.81. The van der Waals surface area contributed by atoms with Gasteiger partial charge in [-0.15, -0.1) is 0 Å². The fraction of sp³-hybridized carbons (Fsp3) is 0.174. The lowest BCUT2D eigenvalue weighted by Crippen LogP contribution is -2.36. The summed E-state index contributed by atoms with van der Waals surface area (Å²) in [5, 5.41) is 3.16. The van der Waals surface area contributed by atoms with Crippen LogP contribution in [0.2, 0.25) is 5.02 Å². The number of sulfonamides is 1. The zero-order valence-corrected chi connectivity index (χ0v) is 18.3. The number of nitrogens with one attached hydrogen (secondary N) is 1. The van der Waals surface area contributed by atoms with Gasteiger partial charge < -0.3 is 5.32 Å². The van der Waals surface area contributed by atoms with Gasteiger partial charge in [-0.1, -0.05) is 54.1 Å². The van der Waals surface area contributed by atoms with Crippen LogP contribution in [0.3, 0.4) is 0 Å². The number of amides is 1. The predicted octanol–water partition coefficient (Wildman–Crippen LogP) is 5.19. The molecule has 0 aliphatic carbocycles. The molecule has 0 aliphatic rings. The minimum absolute atomic E-state index is 0.140. The number of carbonyl (C=O) groups excluding carboxylic acids is 1. The maximum atomic E-state index is 13.2. The molecule has 0 aliphatic heterocycles. The number of anilines is 1. The third-order valence-corrected chi connectivity index (χ3v) is 6.97. The second-order valence-corrected chi connectivity index (χ2v) is 9.39. The topological polar surface area (TPSA) is 66.5 Å². The number of halogens is 1. The summed E-state index contributed by atoms with van der Waals surface area (Å²) >= 11 is 6.07. The van der Waals surface area contributed by atoms with E-state index in [0.717, 1.165) is 5.56 Å². The van der Waals surface area contributed by atoms with Crippen molar-refractivity contribution in [3.8, 4) is 0 Å². The fourth-order valence-corrected chi connectivity index (χ4v) is 4.79. The van der Waals surface area contributed by atoms with Crippen LogP contribution in [0, 0.1) is 0 Å². The summed E-state index contributed by atoms with van der Waals surface area (Å²) in [7, 11) is -3.73.